The highest BCUT2D eigenvalue weighted by Crippen LogP contribution is 2.59. The molecule has 85 heavy (non-hydrogen) atoms. The fraction of sp³-hybridized carbons (Fsp3) is 0.407. The van der Waals surface area contributed by atoms with E-state index in [9.17, 15) is 0 Å². The van der Waals surface area contributed by atoms with E-state index in [0.717, 1.165) is 36.3 Å². The second kappa shape index (κ2) is 18.6. The Kier molecular flexibility index (Phi) is 12.6. The third-order valence-electron chi connectivity index (χ3n) is 21.7. The Morgan fingerprint density at radius 3 is 1.35 bits per heavy atom. The maximum atomic E-state index is 2.81. The van der Waals surface area contributed by atoms with Gasteiger partial charge in [-0.25, -0.2) is 0 Å². The molecule has 5 aliphatic rings. The van der Waals surface area contributed by atoms with E-state index in [1.54, 1.807) is 0 Å². The van der Waals surface area contributed by atoms with Gasteiger partial charge in [0.15, 0.2) is 0 Å². The van der Waals surface area contributed by atoms with Gasteiger partial charge in [-0.15, -0.1) is 0 Å². The average molecular weight is 1120 g/mol. The maximum Gasteiger partial charge on any atom is 0.252 e. The van der Waals surface area contributed by atoms with Crippen molar-refractivity contribution in [1.29, 1.82) is 0 Å². The molecule has 0 bridgehead atoms. The van der Waals surface area contributed by atoms with Crippen LogP contribution in [-0.2, 0) is 43.3 Å². The molecule has 8 aromatic carbocycles. The molecule has 0 unspecified atom stereocenters. The van der Waals surface area contributed by atoms with E-state index in [2.05, 4.69) is 300 Å². The van der Waals surface area contributed by atoms with Gasteiger partial charge in [-0.05, 0) is 215 Å². The van der Waals surface area contributed by atoms with Gasteiger partial charge < -0.3 is 14.7 Å². The van der Waals surface area contributed by atoms with Crippen LogP contribution in [0.2, 0.25) is 0 Å². The van der Waals surface area contributed by atoms with Crippen LogP contribution in [0.4, 0.5) is 51.2 Å². The zero-order valence-corrected chi connectivity index (χ0v) is 55.5. The molecule has 436 valence electrons. The molecular formula is C81H94BN3. The summed E-state index contributed by atoms with van der Waals surface area (Å²) in [6, 6.07) is 56.7. The van der Waals surface area contributed by atoms with Gasteiger partial charge in [0.05, 0.1) is 5.69 Å². The molecule has 13 rings (SSSR count). The van der Waals surface area contributed by atoms with Crippen molar-refractivity contribution >= 4 is 74.3 Å². The Morgan fingerprint density at radius 2 is 0.835 bits per heavy atom. The van der Waals surface area contributed by atoms with E-state index >= 15 is 0 Å². The highest BCUT2D eigenvalue weighted by Gasteiger charge is 2.51. The fourth-order valence-electron chi connectivity index (χ4n) is 15.9. The van der Waals surface area contributed by atoms with E-state index in [4.69, 9.17) is 0 Å². The van der Waals surface area contributed by atoms with Gasteiger partial charge in [-0.1, -0.05) is 216 Å². The molecule has 3 aliphatic carbocycles. The number of hydrogen-bond donors (Lipinski definition) is 0. The van der Waals surface area contributed by atoms with Crippen LogP contribution < -0.4 is 31.1 Å². The topological polar surface area (TPSA) is 9.72 Å². The van der Waals surface area contributed by atoms with Crippen LogP contribution in [0.5, 0.6) is 0 Å². The van der Waals surface area contributed by atoms with Gasteiger partial charge in [-0.2, -0.15) is 0 Å². The van der Waals surface area contributed by atoms with Crippen molar-refractivity contribution in [2.45, 2.75) is 214 Å². The molecular weight excluding hydrogens is 1030 g/mol. The van der Waals surface area contributed by atoms with Crippen LogP contribution in [0, 0.1) is 13.8 Å². The summed E-state index contributed by atoms with van der Waals surface area (Å²) in [5.41, 5.74) is 33.0. The molecule has 3 nitrogen and oxygen atoms in total. The lowest BCUT2D eigenvalue weighted by atomic mass is 9.33. The highest BCUT2D eigenvalue weighted by molar-refractivity contribution is 7.00. The predicted molar refractivity (Wildman–Crippen MR) is 369 cm³/mol. The minimum Gasteiger partial charge on any atom is -0.311 e. The summed E-state index contributed by atoms with van der Waals surface area (Å²) in [6.45, 7) is 50.6. The lowest BCUT2D eigenvalue weighted by Gasteiger charge is -2.49. The average Bonchev–Trinajstić information content (AvgIpc) is 1.75. The van der Waals surface area contributed by atoms with E-state index in [-0.39, 0.29) is 50.0 Å². The SMILES string of the molecule is Cc1cc(C(C)(C)C)ccc1N1c2cc3c(cc2B2c4ccc5c(c4N(c4cc6c(cc4C)C(C)(C)CCC6(C)C)c4cc(N(c6ccc(C(C)(C)C)cc6)c6ccc(C(C)(C)C)cc6)cc1c42)-c1ccccc1C5(C)C)C(C)(C)CCC3(C)C. The predicted octanol–water partition coefficient (Wildman–Crippen LogP) is 20.8. The highest BCUT2D eigenvalue weighted by atomic mass is 15.2. The smallest absolute Gasteiger partial charge is 0.252 e. The van der Waals surface area contributed by atoms with Gasteiger partial charge in [0.25, 0.3) is 6.71 Å². The quantitative estimate of drug-likeness (QED) is 0.159. The minimum atomic E-state index is -0.210. The first kappa shape index (κ1) is 57.3. The van der Waals surface area contributed by atoms with Gasteiger partial charge >= 0.3 is 0 Å². The number of benzene rings is 8. The molecule has 0 aromatic heterocycles. The number of nitrogens with zero attached hydrogens (tertiary/aromatic N) is 3. The van der Waals surface area contributed by atoms with Gasteiger partial charge in [-0.3, -0.25) is 0 Å². The minimum absolute atomic E-state index is 0.00121. The van der Waals surface area contributed by atoms with Crippen molar-refractivity contribution in [3.05, 3.63) is 201 Å². The first-order valence-electron chi connectivity index (χ1n) is 32.1. The summed E-state index contributed by atoms with van der Waals surface area (Å²) < 4.78 is 0. The van der Waals surface area contributed by atoms with Crippen molar-refractivity contribution in [3.8, 4) is 11.1 Å². The maximum absolute atomic E-state index is 2.81. The Hall–Kier alpha value is -6.78. The zero-order chi connectivity index (χ0) is 60.8. The normalized spacial score (nSPS) is 18.2. The number of aryl methyl sites for hydroxylation is 2. The molecule has 2 heterocycles. The summed E-state index contributed by atoms with van der Waals surface area (Å²) in [7, 11) is 0. The molecule has 0 N–H and O–H groups in total. The molecule has 0 fully saturated rings. The van der Waals surface area contributed by atoms with Crippen molar-refractivity contribution in [3.63, 3.8) is 0 Å². The molecule has 0 amide bonds. The van der Waals surface area contributed by atoms with Crippen LogP contribution in [0.3, 0.4) is 0 Å². The summed E-state index contributed by atoms with van der Waals surface area (Å²) >= 11 is 0. The Morgan fingerprint density at radius 1 is 0.376 bits per heavy atom. The summed E-state index contributed by atoms with van der Waals surface area (Å²) in [4.78, 5) is 8.11. The largest absolute Gasteiger partial charge is 0.311 e. The van der Waals surface area contributed by atoms with Crippen molar-refractivity contribution in [2.75, 3.05) is 14.7 Å². The van der Waals surface area contributed by atoms with E-state index in [1.807, 2.05) is 0 Å². The lowest BCUT2D eigenvalue weighted by molar-refractivity contribution is 0.332. The van der Waals surface area contributed by atoms with Crippen molar-refractivity contribution in [1.82, 2.24) is 0 Å². The molecule has 2 aliphatic heterocycles. The van der Waals surface area contributed by atoms with E-state index < -0.39 is 0 Å². The first-order valence-corrected chi connectivity index (χ1v) is 32.1. The van der Waals surface area contributed by atoms with Crippen LogP contribution in [0.25, 0.3) is 11.1 Å². The Balaban J connectivity index is 1.23. The molecule has 8 aromatic rings. The second-order valence-electron chi connectivity index (χ2n) is 33.0. The number of hydrogen-bond acceptors (Lipinski definition) is 3. The summed E-state index contributed by atoms with van der Waals surface area (Å²) in [6.07, 6.45) is 4.60. The molecule has 0 atom stereocenters. The standard InChI is InChI=1S/C81H94BN3/c1-49-42-53(76(9,10)11)30-37-66(49)84-68-48-63-61(78(14,15)39-41-80(63,18)19)46-65(68)82-64-36-35-59-71(57-24-22-23-25-58(57)81(59,20)21)73(64)85(67-47-62-60(43-50(67)2)77(12,13)38-40-79(62,16)17)70-45-56(44-69(84)72(70)82)83(54-31-26-51(27-32-54)74(3,4)5)55-33-28-52(29-34-55)75(6,7)8/h22-37,42-48H,38-41H2,1-21H3. The molecule has 4 heteroatoms. The van der Waals surface area contributed by atoms with Crippen LogP contribution in [0.15, 0.2) is 140 Å². The van der Waals surface area contributed by atoms with Crippen LogP contribution in [0.1, 0.15) is 218 Å². The molecule has 0 spiro atoms. The van der Waals surface area contributed by atoms with Crippen molar-refractivity contribution < 1.29 is 0 Å². The third kappa shape index (κ3) is 8.85. The zero-order valence-electron chi connectivity index (χ0n) is 55.5. The number of fused-ring (bicyclic) bond motifs is 10. The van der Waals surface area contributed by atoms with E-state index in [1.165, 1.54) is 129 Å². The Bertz CT molecular complexity index is 4010. The first-order chi connectivity index (χ1) is 39.6. The van der Waals surface area contributed by atoms with Gasteiger partial charge in [0.1, 0.15) is 0 Å². The number of rotatable bonds is 5. The van der Waals surface area contributed by atoms with Gasteiger partial charge in [0.2, 0.25) is 0 Å². The summed E-state index contributed by atoms with van der Waals surface area (Å²) in [5.74, 6) is 0. The third-order valence-corrected chi connectivity index (χ3v) is 21.7. The molecule has 0 saturated heterocycles. The lowest BCUT2D eigenvalue weighted by Crippen LogP contribution is -2.62. The molecule has 0 saturated carbocycles. The van der Waals surface area contributed by atoms with Crippen LogP contribution in [-0.4, -0.2) is 6.71 Å². The number of anilines is 9. The van der Waals surface area contributed by atoms with Gasteiger partial charge in [0, 0.05) is 56.5 Å². The van der Waals surface area contributed by atoms with E-state index in [0.29, 0.717) is 0 Å². The molecule has 0 radical (unpaired) electrons. The fourth-order valence-corrected chi connectivity index (χ4v) is 15.9. The summed E-state index contributed by atoms with van der Waals surface area (Å²) in [5, 5.41) is 0. The second-order valence-corrected chi connectivity index (χ2v) is 33.0. The Labute approximate surface area is 512 Å². The monoisotopic (exact) mass is 1120 g/mol. The van der Waals surface area contributed by atoms with Crippen molar-refractivity contribution in [2.24, 2.45) is 0 Å². The van der Waals surface area contributed by atoms with Crippen LogP contribution >= 0.6 is 0 Å².